The average molecular weight is 351 g/mol. The average Bonchev–Trinajstić information content (AvgIpc) is 2.62. The molecular formula is C20H21N3O3. The number of fused-ring (bicyclic) bond motifs is 1. The van der Waals surface area contributed by atoms with Gasteiger partial charge in [-0.05, 0) is 44.5 Å². The van der Waals surface area contributed by atoms with Crippen molar-refractivity contribution < 1.29 is 9.90 Å². The quantitative estimate of drug-likeness (QED) is 0.755. The SMILES string of the molecule is CC(C)n1nc(C(=O)Nc2ccc([C@H](C)O)cc2)c2ccccc2c1=O. The molecular weight excluding hydrogens is 330 g/mol. The molecule has 26 heavy (non-hydrogen) atoms. The lowest BCUT2D eigenvalue weighted by atomic mass is 10.1. The Morgan fingerprint density at radius 3 is 2.23 bits per heavy atom. The molecule has 0 aliphatic rings. The Labute approximate surface area is 151 Å². The van der Waals surface area contributed by atoms with Crippen molar-refractivity contribution in [2.75, 3.05) is 5.32 Å². The molecule has 2 aromatic carbocycles. The summed E-state index contributed by atoms with van der Waals surface area (Å²) in [6, 6.07) is 13.8. The molecule has 0 saturated carbocycles. The van der Waals surface area contributed by atoms with Crippen molar-refractivity contribution in [2.45, 2.75) is 32.9 Å². The van der Waals surface area contributed by atoms with Crippen molar-refractivity contribution >= 4 is 22.4 Å². The maximum atomic E-state index is 12.8. The van der Waals surface area contributed by atoms with Crippen molar-refractivity contribution in [3.63, 3.8) is 0 Å². The molecule has 0 aliphatic heterocycles. The van der Waals surface area contributed by atoms with Crippen LogP contribution in [0.15, 0.2) is 53.3 Å². The molecule has 6 heteroatoms. The third kappa shape index (κ3) is 3.36. The van der Waals surface area contributed by atoms with Gasteiger partial charge in [0.2, 0.25) is 0 Å². The molecule has 0 bridgehead atoms. The number of carbonyl (C=O) groups excluding carboxylic acids is 1. The molecule has 1 aromatic heterocycles. The smallest absolute Gasteiger partial charge is 0.276 e. The van der Waals surface area contributed by atoms with Crippen molar-refractivity contribution in [2.24, 2.45) is 0 Å². The summed E-state index contributed by atoms with van der Waals surface area (Å²) in [7, 11) is 0. The predicted octanol–water partition coefficient (Wildman–Crippen LogP) is 3.28. The molecule has 3 aromatic rings. The highest BCUT2D eigenvalue weighted by Gasteiger charge is 2.18. The van der Waals surface area contributed by atoms with E-state index in [-0.39, 0.29) is 23.2 Å². The van der Waals surface area contributed by atoms with Gasteiger partial charge in [0, 0.05) is 11.1 Å². The molecule has 0 unspecified atom stereocenters. The van der Waals surface area contributed by atoms with Crippen LogP contribution in [0.2, 0.25) is 0 Å². The van der Waals surface area contributed by atoms with Gasteiger partial charge in [-0.3, -0.25) is 9.59 Å². The Bertz CT molecular complexity index is 1000. The topological polar surface area (TPSA) is 84.2 Å². The third-order valence-electron chi connectivity index (χ3n) is 4.18. The lowest BCUT2D eigenvalue weighted by Gasteiger charge is -2.13. The summed E-state index contributed by atoms with van der Waals surface area (Å²) >= 11 is 0. The summed E-state index contributed by atoms with van der Waals surface area (Å²) in [5.41, 5.74) is 1.34. The number of aromatic nitrogens is 2. The molecule has 1 amide bonds. The molecule has 0 radical (unpaired) electrons. The monoisotopic (exact) mass is 351 g/mol. The fourth-order valence-electron chi connectivity index (χ4n) is 2.76. The number of aliphatic hydroxyl groups excluding tert-OH is 1. The van der Waals surface area contributed by atoms with Crippen LogP contribution in [0.1, 0.15) is 49.0 Å². The summed E-state index contributed by atoms with van der Waals surface area (Å²) in [5.74, 6) is -0.389. The molecule has 3 rings (SSSR count). The van der Waals surface area contributed by atoms with Crippen molar-refractivity contribution in [1.82, 2.24) is 9.78 Å². The maximum Gasteiger partial charge on any atom is 0.276 e. The van der Waals surface area contributed by atoms with E-state index in [1.54, 1.807) is 55.5 Å². The highest BCUT2D eigenvalue weighted by Crippen LogP contribution is 2.19. The van der Waals surface area contributed by atoms with Crippen LogP contribution in [0.3, 0.4) is 0 Å². The van der Waals surface area contributed by atoms with E-state index in [2.05, 4.69) is 10.4 Å². The number of anilines is 1. The summed E-state index contributed by atoms with van der Waals surface area (Å²) in [5, 5.41) is 17.7. The van der Waals surface area contributed by atoms with E-state index in [0.29, 0.717) is 16.5 Å². The van der Waals surface area contributed by atoms with Crippen LogP contribution in [0.5, 0.6) is 0 Å². The summed E-state index contributed by atoms with van der Waals surface area (Å²) in [4.78, 5) is 25.3. The van der Waals surface area contributed by atoms with Crippen LogP contribution in [0, 0.1) is 0 Å². The minimum Gasteiger partial charge on any atom is -0.389 e. The zero-order valence-corrected chi connectivity index (χ0v) is 14.9. The Morgan fingerprint density at radius 2 is 1.65 bits per heavy atom. The van der Waals surface area contributed by atoms with Gasteiger partial charge in [-0.15, -0.1) is 0 Å². The van der Waals surface area contributed by atoms with E-state index in [0.717, 1.165) is 5.56 Å². The normalized spacial score (nSPS) is 12.3. The molecule has 0 fully saturated rings. The van der Waals surface area contributed by atoms with Gasteiger partial charge in [0.25, 0.3) is 11.5 Å². The van der Waals surface area contributed by atoms with Crippen molar-refractivity contribution in [1.29, 1.82) is 0 Å². The van der Waals surface area contributed by atoms with Gasteiger partial charge in [0.05, 0.1) is 17.5 Å². The van der Waals surface area contributed by atoms with E-state index in [9.17, 15) is 14.7 Å². The fourth-order valence-corrected chi connectivity index (χ4v) is 2.76. The van der Waals surface area contributed by atoms with E-state index < -0.39 is 6.10 Å². The third-order valence-corrected chi connectivity index (χ3v) is 4.18. The molecule has 6 nitrogen and oxygen atoms in total. The number of aliphatic hydroxyl groups is 1. The largest absolute Gasteiger partial charge is 0.389 e. The number of benzene rings is 2. The van der Waals surface area contributed by atoms with Gasteiger partial charge in [-0.25, -0.2) is 4.68 Å². The number of rotatable bonds is 4. The minimum atomic E-state index is -0.569. The van der Waals surface area contributed by atoms with Crippen LogP contribution >= 0.6 is 0 Å². The minimum absolute atomic E-state index is 0.163. The van der Waals surface area contributed by atoms with Crippen LogP contribution < -0.4 is 10.9 Å². The van der Waals surface area contributed by atoms with Gasteiger partial charge < -0.3 is 10.4 Å². The van der Waals surface area contributed by atoms with Crippen LogP contribution in [0.4, 0.5) is 5.69 Å². The number of amides is 1. The molecule has 0 aliphatic carbocycles. The number of carbonyl (C=O) groups is 1. The van der Waals surface area contributed by atoms with Gasteiger partial charge in [-0.1, -0.05) is 30.3 Å². The van der Waals surface area contributed by atoms with E-state index >= 15 is 0 Å². The molecule has 0 spiro atoms. The first-order valence-electron chi connectivity index (χ1n) is 8.49. The molecule has 1 atom stereocenters. The van der Waals surface area contributed by atoms with Gasteiger partial charge in [0.15, 0.2) is 5.69 Å². The Hall–Kier alpha value is -2.99. The Balaban J connectivity index is 2.02. The number of hydrogen-bond donors (Lipinski definition) is 2. The van der Waals surface area contributed by atoms with E-state index in [4.69, 9.17) is 0 Å². The highest BCUT2D eigenvalue weighted by atomic mass is 16.3. The van der Waals surface area contributed by atoms with Crippen LogP contribution in [0.25, 0.3) is 10.8 Å². The van der Waals surface area contributed by atoms with Crippen molar-refractivity contribution in [3.8, 4) is 0 Å². The second-order valence-corrected chi connectivity index (χ2v) is 6.49. The zero-order chi connectivity index (χ0) is 18.8. The standard InChI is InChI=1S/C20H21N3O3/c1-12(2)23-20(26)17-7-5-4-6-16(17)18(22-23)19(25)21-15-10-8-14(9-11-15)13(3)24/h4-13,24H,1-3H3,(H,21,25)/t13-/m0/s1. The Kier molecular flexibility index (Phi) is 4.86. The molecule has 134 valence electrons. The second kappa shape index (κ2) is 7.09. The molecule has 1 heterocycles. The summed E-state index contributed by atoms with van der Waals surface area (Å²) < 4.78 is 1.33. The number of hydrogen-bond acceptors (Lipinski definition) is 4. The zero-order valence-electron chi connectivity index (χ0n) is 14.9. The predicted molar refractivity (Wildman–Crippen MR) is 101 cm³/mol. The summed E-state index contributed by atoms with van der Waals surface area (Å²) in [6.45, 7) is 5.37. The molecule has 2 N–H and O–H groups in total. The van der Waals surface area contributed by atoms with Crippen molar-refractivity contribution in [3.05, 3.63) is 70.1 Å². The van der Waals surface area contributed by atoms with Gasteiger partial charge in [-0.2, -0.15) is 5.10 Å². The van der Waals surface area contributed by atoms with Crippen LogP contribution in [-0.4, -0.2) is 20.8 Å². The molecule has 0 saturated heterocycles. The van der Waals surface area contributed by atoms with Crippen LogP contribution in [-0.2, 0) is 0 Å². The van der Waals surface area contributed by atoms with Gasteiger partial charge >= 0.3 is 0 Å². The maximum absolute atomic E-state index is 12.8. The number of nitrogens with one attached hydrogen (secondary N) is 1. The van der Waals surface area contributed by atoms with E-state index in [1.807, 2.05) is 13.8 Å². The summed E-state index contributed by atoms with van der Waals surface area (Å²) in [6.07, 6.45) is -0.569. The van der Waals surface area contributed by atoms with E-state index in [1.165, 1.54) is 4.68 Å². The Morgan fingerprint density at radius 1 is 1.04 bits per heavy atom. The lowest BCUT2D eigenvalue weighted by molar-refractivity contribution is 0.102. The highest BCUT2D eigenvalue weighted by molar-refractivity contribution is 6.11. The fraction of sp³-hybridized carbons (Fsp3) is 0.250. The first-order chi connectivity index (χ1) is 12.4. The second-order valence-electron chi connectivity index (χ2n) is 6.49. The first-order valence-corrected chi connectivity index (χ1v) is 8.49. The lowest BCUT2D eigenvalue weighted by Crippen LogP contribution is -2.28. The number of nitrogens with zero attached hydrogens (tertiary/aromatic N) is 2. The first kappa shape index (κ1) is 17.8. The van der Waals surface area contributed by atoms with Gasteiger partial charge in [0.1, 0.15) is 0 Å².